The summed E-state index contributed by atoms with van der Waals surface area (Å²) < 4.78 is 5.18. The van der Waals surface area contributed by atoms with Crippen LogP contribution >= 0.6 is 0 Å². The molecular formula is C17H26N2O2. The maximum atomic E-state index is 12.0. The zero-order valence-electron chi connectivity index (χ0n) is 13.1. The van der Waals surface area contributed by atoms with Gasteiger partial charge in [-0.2, -0.15) is 0 Å². The average Bonchev–Trinajstić information content (AvgIpc) is 2.52. The van der Waals surface area contributed by atoms with Crippen LogP contribution in [0.1, 0.15) is 37.7 Å². The summed E-state index contributed by atoms with van der Waals surface area (Å²) in [5.41, 5.74) is 1.07. The van der Waals surface area contributed by atoms with E-state index in [9.17, 15) is 4.79 Å². The number of hydrogen-bond donors (Lipinski definition) is 1. The Balaban J connectivity index is 1.71. The lowest BCUT2D eigenvalue weighted by Crippen LogP contribution is -2.37. The van der Waals surface area contributed by atoms with Crippen molar-refractivity contribution in [2.75, 3.05) is 20.7 Å². The van der Waals surface area contributed by atoms with Crippen LogP contribution in [-0.2, 0) is 11.3 Å². The van der Waals surface area contributed by atoms with Crippen molar-refractivity contribution in [2.24, 2.45) is 0 Å². The quantitative estimate of drug-likeness (QED) is 0.875. The van der Waals surface area contributed by atoms with E-state index in [1.165, 1.54) is 19.3 Å². The SMILES string of the molecule is COc1cccc(CNC(=O)CC[C@H]2CCCCN2C)c1. The molecule has 4 heteroatoms. The lowest BCUT2D eigenvalue weighted by molar-refractivity contribution is -0.121. The largest absolute Gasteiger partial charge is 0.497 e. The number of hydrogen-bond acceptors (Lipinski definition) is 3. The Hall–Kier alpha value is -1.55. The molecule has 1 heterocycles. The Morgan fingerprint density at radius 3 is 3.05 bits per heavy atom. The van der Waals surface area contributed by atoms with Gasteiger partial charge in [0.25, 0.3) is 0 Å². The molecule has 1 aliphatic rings. The molecule has 1 fully saturated rings. The number of amides is 1. The van der Waals surface area contributed by atoms with E-state index in [2.05, 4.69) is 17.3 Å². The zero-order chi connectivity index (χ0) is 15.1. The number of benzene rings is 1. The predicted molar refractivity (Wildman–Crippen MR) is 84.3 cm³/mol. The van der Waals surface area contributed by atoms with Gasteiger partial charge in [0.05, 0.1) is 7.11 Å². The van der Waals surface area contributed by atoms with Gasteiger partial charge in [0.2, 0.25) is 5.91 Å². The molecule has 0 aromatic heterocycles. The summed E-state index contributed by atoms with van der Waals surface area (Å²) in [5, 5.41) is 2.99. The molecular weight excluding hydrogens is 264 g/mol. The average molecular weight is 290 g/mol. The molecule has 0 bridgehead atoms. The van der Waals surface area contributed by atoms with Crippen LogP contribution in [0.25, 0.3) is 0 Å². The molecule has 2 rings (SSSR count). The van der Waals surface area contributed by atoms with Gasteiger partial charge in [-0.3, -0.25) is 4.79 Å². The number of likely N-dealkylation sites (tertiary alicyclic amines) is 1. The van der Waals surface area contributed by atoms with Crippen LogP contribution in [0.5, 0.6) is 5.75 Å². The second-order valence-corrected chi connectivity index (χ2v) is 5.80. The van der Waals surface area contributed by atoms with Gasteiger partial charge in [-0.25, -0.2) is 0 Å². The number of methoxy groups -OCH3 is 1. The summed E-state index contributed by atoms with van der Waals surface area (Å²) >= 11 is 0. The summed E-state index contributed by atoms with van der Waals surface area (Å²) in [6.45, 7) is 1.73. The van der Waals surface area contributed by atoms with E-state index >= 15 is 0 Å². The van der Waals surface area contributed by atoms with Gasteiger partial charge in [-0.1, -0.05) is 18.6 Å². The Morgan fingerprint density at radius 2 is 2.29 bits per heavy atom. The van der Waals surface area contributed by atoms with Crippen LogP contribution < -0.4 is 10.1 Å². The summed E-state index contributed by atoms with van der Waals surface area (Å²) in [6.07, 6.45) is 5.37. The van der Waals surface area contributed by atoms with Crippen LogP contribution in [0.2, 0.25) is 0 Å². The molecule has 0 radical (unpaired) electrons. The van der Waals surface area contributed by atoms with E-state index in [1.807, 2.05) is 24.3 Å². The fourth-order valence-electron chi connectivity index (χ4n) is 2.88. The fourth-order valence-corrected chi connectivity index (χ4v) is 2.88. The number of carbonyl (C=O) groups is 1. The normalized spacial score (nSPS) is 19.2. The smallest absolute Gasteiger partial charge is 0.220 e. The monoisotopic (exact) mass is 290 g/mol. The van der Waals surface area contributed by atoms with Gasteiger partial charge < -0.3 is 15.0 Å². The first-order valence-corrected chi connectivity index (χ1v) is 7.79. The topological polar surface area (TPSA) is 41.6 Å². The number of carbonyl (C=O) groups excluding carboxylic acids is 1. The summed E-state index contributed by atoms with van der Waals surface area (Å²) in [5.74, 6) is 0.961. The maximum absolute atomic E-state index is 12.0. The number of nitrogens with one attached hydrogen (secondary N) is 1. The molecule has 0 unspecified atom stereocenters. The van der Waals surface area contributed by atoms with E-state index in [-0.39, 0.29) is 5.91 Å². The molecule has 1 amide bonds. The van der Waals surface area contributed by atoms with Gasteiger partial charge in [0.1, 0.15) is 5.75 Å². The first-order valence-electron chi connectivity index (χ1n) is 7.79. The van der Waals surface area contributed by atoms with Crippen molar-refractivity contribution < 1.29 is 9.53 Å². The van der Waals surface area contributed by atoms with Crippen LogP contribution in [0.15, 0.2) is 24.3 Å². The molecule has 1 saturated heterocycles. The van der Waals surface area contributed by atoms with E-state index in [0.717, 1.165) is 24.3 Å². The second kappa shape index (κ2) is 8.03. The highest BCUT2D eigenvalue weighted by Crippen LogP contribution is 2.19. The van der Waals surface area contributed by atoms with Gasteiger partial charge in [0, 0.05) is 19.0 Å². The lowest BCUT2D eigenvalue weighted by Gasteiger charge is -2.32. The third kappa shape index (κ3) is 5.05. The first-order chi connectivity index (χ1) is 10.2. The van der Waals surface area contributed by atoms with E-state index < -0.39 is 0 Å². The van der Waals surface area contributed by atoms with Crippen molar-refractivity contribution in [1.82, 2.24) is 10.2 Å². The van der Waals surface area contributed by atoms with Crippen LogP contribution in [0.4, 0.5) is 0 Å². The van der Waals surface area contributed by atoms with E-state index in [4.69, 9.17) is 4.74 Å². The van der Waals surface area contributed by atoms with Crippen molar-refractivity contribution >= 4 is 5.91 Å². The second-order valence-electron chi connectivity index (χ2n) is 5.80. The van der Waals surface area contributed by atoms with Crippen molar-refractivity contribution in [2.45, 2.75) is 44.7 Å². The lowest BCUT2D eigenvalue weighted by atomic mass is 9.98. The molecule has 0 spiro atoms. The third-order valence-corrected chi connectivity index (χ3v) is 4.25. The molecule has 1 aliphatic heterocycles. The number of piperidine rings is 1. The molecule has 4 nitrogen and oxygen atoms in total. The molecule has 0 saturated carbocycles. The van der Waals surface area contributed by atoms with E-state index in [0.29, 0.717) is 19.0 Å². The van der Waals surface area contributed by atoms with Crippen molar-refractivity contribution in [3.63, 3.8) is 0 Å². The third-order valence-electron chi connectivity index (χ3n) is 4.25. The Kier molecular flexibility index (Phi) is 6.05. The van der Waals surface area contributed by atoms with Crippen molar-refractivity contribution in [1.29, 1.82) is 0 Å². The molecule has 1 aromatic carbocycles. The molecule has 1 aromatic rings. The van der Waals surface area contributed by atoms with Gasteiger partial charge >= 0.3 is 0 Å². The summed E-state index contributed by atoms with van der Waals surface area (Å²) in [4.78, 5) is 14.3. The molecule has 0 aliphatic carbocycles. The first kappa shape index (κ1) is 15.8. The van der Waals surface area contributed by atoms with E-state index in [1.54, 1.807) is 7.11 Å². The molecule has 116 valence electrons. The minimum Gasteiger partial charge on any atom is -0.497 e. The Labute approximate surface area is 127 Å². The Morgan fingerprint density at radius 1 is 1.43 bits per heavy atom. The summed E-state index contributed by atoms with van der Waals surface area (Å²) in [6, 6.07) is 8.37. The highest BCUT2D eigenvalue weighted by atomic mass is 16.5. The molecule has 1 N–H and O–H groups in total. The Bertz CT molecular complexity index is 462. The van der Waals surface area contributed by atoms with Crippen LogP contribution in [0.3, 0.4) is 0 Å². The number of rotatable bonds is 6. The van der Waals surface area contributed by atoms with Crippen molar-refractivity contribution in [3.8, 4) is 5.75 Å². The van der Waals surface area contributed by atoms with Crippen LogP contribution in [-0.4, -0.2) is 37.6 Å². The van der Waals surface area contributed by atoms with Gasteiger partial charge in [-0.15, -0.1) is 0 Å². The summed E-state index contributed by atoms with van der Waals surface area (Å²) in [7, 11) is 3.82. The van der Waals surface area contributed by atoms with Gasteiger partial charge in [-0.05, 0) is 50.6 Å². The van der Waals surface area contributed by atoms with Crippen LogP contribution in [0, 0.1) is 0 Å². The highest BCUT2D eigenvalue weighted by molar-refractivity contribution is 5.75. The molecule has 21 heavy (non-hydrogen) atoms. The van der Waals surface area contributed by atoms with Crippen molar-refractivity contribution in [3.05, 3.63) is 29.8 Å². The minimum absolute atomic E-state index is 0.136. The van der Waals surface area contributed by atoms with Gasteiger partial charge in [0.15, 0.2) is 0 Å². The standard InChI is InChI=1S/C17H26N2O2/c1-19-11-4-3-7-15(19)9-10-17(20)18-13-14-6-5-8-16(12-14)21-2/h5-6,8,12,15H,3-4,7,9-11,13H2,1-2H3,(H,18,20)/t15-/m1/s1. The minimum atomic E-state index is 0.136. The molecule has 1 atom stereocenters. The fraction of sp³-hybridized carbons (Fsp3) is 0.588. The predicted octanol–water partition coefficient (Wildman–Crippen LogP) is 2.58. The maximum Gasteiger partial charge on any atom is 0.220 e. The number of nitrogens with zero attached hydrogens (tertiary/aromatic N) is 1. The highest BCUT2D eigenvalue weighted by Gasteiger charge is 2.19. The number of ether oxygens (including phenoxy) is 1. The zero-order valence-corrected chi connectivity index (χ0v) is 13.1.